The number of hydrogen-bond donors (Lipinski definition) is 0. The first-order valence-electron chi connectivity index (χ1n) is 6.24. The molecule has 0 saturated carbocycles. The molecule has 3 aromatic rings. The van der Waals surface area contributed by atoms with Crippen LogP contribution < -0.4 is 4.74 Å². The van der Waals surface area contributed by atoms with Gasteiger partial charge in [0.15, 0.2) is 11.6 Å². The topological polar surface area (TPSA) is 52.8 Å². The zero-order chi connectivity index (χ0) is 15.5. The van der Waals surface area contributed by atoms with Crippen LogP contribution in [0.3, 0.4) is 0 Å². The van der Waals surface area contributed by atoms with Crippen molar-refractivity contribution in [3.8, 4) is 22.8 Å². The van der Waals surface area contributed by atoms with Gasteiger partial charge < -0.3 is 4.74 Å². The lowest BCUT2D eigenvalue weighted by atomic mass is 10.2. The molecular weight excluding hydrogens is 405 g/mol. The van der Waals surface area contributed by atoms with Crippen molar-refractivity contribution in [3.63, 3.8) is 0 Å². The van der Waals surface area contributed by atoms with Gasteiger partial charge in [-0.3, -0.25) is 0 Å². The van der Waals surface area contributed by atoms with Gasteiger partial charge >= 0.3 is 6.61 Å². The molecule has 5 nitrogen and oxygen atoms in total. The first-order chi connectivity index (χ1) is 10.7. The van der Waals surface area contributed by atoms with Crippen molar-refractivity contribution in [2.75, 3.05) is 0 Å². The highest BCUT2D eigenvalue weighted by atomic mass is 127. The average molecular weight is 414 g/mol. The summed E-state index contributed by atoms with van der Waals surface area (Å²) in [5.41, 5.74) is 1.16. The van der Waals surface area contributed by atoms with Crippen LogP contribution in [0.2, 0.25) is 0 Å². The molecule has 1 aromatic heterocycles. The van der Waals surface area contributed by atoms with Crippen LogP contribution in [0.5, 0.6) is 5.75 Å². The molecule has 112 valence electrons. The summed E-state index contributed by atoms with van der Waals surface area (Å²) >= 11 is 2.17. The Balaban J connectivity index is 2.12. The van der Waals surface area contributed by atoms with Gasteiger partial charge in [-0.25, -0.2) is 0 Å². The smallest absolute Gasteiger partial charge is 0.387 e. The summed E-state index contributed by atoms with van der Waals surface area (Å²) < 4.78 is 32.0. The number of alkyl halides is 2. The Morgan fingerprint density at radius 3 is 2.55 bits per heavy atom. The summed E-state index contributed by atoms with van der Waals surface area (Å²) in [5, 5.41) is 11.5. The van der Waals surface area contributed by atoms with Gasteiger partial charge in [-0.15, -0.1) is 5.10 Å². The third-order valence-electron chi connectivity index (χ3n) is 2.89. The van der Waals surface area contributed by atoms with Crippen molar-refractivity contribution in [2.45, 2.75) is 6.61 Å². The van der Waals surface area contributed by atoms with Crippen LogP contribution in [0, 0.1) is 3.57 Å². The molecule has 0 atom stereocenters. The molecular formula is C14H9F2IN4O. The number of benzene rings is 2. The number of ether oxygens (including phenoxy) is 1. The molecule has 0 aliphatic rings. The molecule has 2 aromatic carbocycles. The molecule has 0 amide bonds. The van der Waals surface area contributed by atoms with Gasteiger partial charge in [-0.1, -0.05) is 30.3 Å². The summed E-state index contributed by atoms with van der Waals surface area (Å²) in [5.74, 6) is 0.465. The van der Waals surface area contributed by atoms with Gasteiger partial charge in [0.2, 0.25) is 0 Å². The molecule has 0 unspecified atom stereocenters. The van der Waals surface area contributed by atoms with E-state index in [0.717, 1.165) is 9.13 Å². The summed E-state index contributed by atoms with van der Waals surface area (Å²) in [4.78, 5) is 0. The molecule has 0 saturated heterocycles. The first kappa shape index (κ1) is 14.8. The Bertz CT molecular complexity index is 794. The van der Waals surface area contributed by atoms with E-state index in [1.165, 1.54) is 10.7 Å². The molecule has 1 heterocycles. The van der Waals surface area contributed by atoms with E-state index in [0.29, 0.717) is 11.5 Å². The third kappa shape index (κ3) is 2.91. The van der Waals surface area contributed by atoms with E-state index in [1.807, 2.05) is 24.3 Å². The Hall–Kier alpha value is -2.10. The van der Waals surface area contributed by atoms with E-state index in [4.69, 9.17) is 0 Å². The van der Waals surface area contributed by atoms with Crippen molar-refractivity contribution in [1.82, 2.24) is 20.2 Å². The molecule has 0 radical (unpaired) electrons. The number of hydrogen-bond acceptors (Lipinski definition) is 4. The van der Waals surface area contributed by atoms with Crippen LogP contribution in [-0.4, -0.2) is 26.8 Å². The van der Waals surface area contributed by atoms with E-state index in [-0.39, 0.29) is 5.75 Å². The molecule has 0 fully saturated rings. The van der Waals surface area contributed by atoms with Gasteiger partial charge in [0, 0.05) is 9.13 Å². The van der Waals surface area contributed by atoms with Crippen LogP contribution in [0.4, 0.5) is 8.78 Å². The van der Waals surface area contributed by atoms with E-state index in [1.54, 1.807) is 18.2 Å². The summed E-state index contributed by atoms with van der Waals surface area (Å²) in [6.07, 6.45) is 0. The predicted molar refractivity (Wildman–Crippen MR) is 83.9 cm³/mol. The fourth-order valence-electron chi connectivity index (χ4n) is 1.99. The van der Waals surface area contributed by atoms with Crippen LogP contribution >= 0.6 is 22.6 Å². The third-order valence-corrected chi connectivity index (χ3v) is 3.83. The summed E-state index contributed by atoms with van der Waals surface area (Å²) in [6, 6.07) is 13.9. The molecule has 0 spiro atoms. The number of rotatable bonds is 4. The Labute approximate surface area is 138 Å². The fourth-order valence-corrected chi connectivity index (χ4v) is 2.62. The second kappa shape index (κ2) is 6.34. The second-order valence-corrected chi connectivity index (χ2v) is 5.40. The fraction of sp³-hybridized carbons (Fsp3) is 0.0714. The summed E-state index contributed by atoms with van der Waals surface area (Å²) in [7, 11) is 0. The standard InChI is InChI=1S/C14H9F2IN4O/c15-14(16)22-12-8-4-3-7-11(12)21-13(18-19-20-21)9-5-1-2-6-10(9)17/h1-8,14H. The first-order valence-corrected chi connectivity index (χ1v) is 7.32. The highest BCUT2D eigenvalue weighted by Gasteiger charge is 2.17. The Kier molecular flexibility index (Phi) is 4.27. The highest BCUT2D eigenvalue weighted by molar-refractivity contribution is 14.1. The van der Waals surface area contributed by atoms with Crippen LogP contribution in [0.1, 0.15) is 0 Å². The van der Waals surface area contributed by atoms with E-state index >= 15 is 0 Å². The number of tetrazole rings is 1. The van der Waals surface area contributed by atoms with Crippen molar-refractivity contribution in [1.29, 1.82) is 0 Å². The number of nitrogens with zero attached hydrogens (tertiary/aromatic N) is 4. The predicted octanol–water partition coefficient (Wildman–Crippen LogP) is 3.54. The maximum Gasteiger partial charge on any atom is 0.387 e. The maximum absolute atomic E-state index is 12.5. The average Bonchev–Trinajstić information content (AvgIpc) is 2.97. The second-order valence-electron chi connectivity index (χ2n) is 4.24. The van der Waals surface area contributed by atoms with Crippen LogP contribution in [0.15, 0.2) is 48.5 Å². The molecule has 3 rings (SSSR count). The van der Waals surface area contributed by atoms with E-state index < -0.39 is 6.61 Å². The van der Waals surface area contributed by atoms with Crippen molar-refractivity contribution < 1.29 is 13.5 Å². The molecule has 0 aliphatic carbocycles. The van der Waals surface area contributed by atoms with Crippen LogP contribution in [0.25, 0.3) is 17.1 Å². The highest BCUT2D eigenvalue weighted by Crippen LogP contribution is 2.29. The molecule has 0 N–H and O–H groups in total. The number of para-hydroxylation sites is 2. The zero-order valence-electron chi connectivity index (χ0n) is 11.0. The monoisotopic (exact) mass is 414 g/mol. The lowest BCUT2D eigenvalue weighted by Gasteiger charge is -2.11. The molecule has 8 heteroatoms. The van der Waals surface area contributed by atoms with Crippen molar-refractivity contribution in [2.24, 2.45) is 0 Å². The Morgan fingerprint density at radius 2 is 1.77 bits per heavy atom. The largest absolute Gasteiger partial charge is 0.433 e. The van der Waals surface area contributed by atoms with Crippen molar-refractivity contribution in [3.05, 3.63) is 52.1 Å². The van der Waals surface area contributed by atoms with E-state index in [9.17, 15) is 8.78 Å². The van der Waals surface area contributed by atoms with Gasteiger partial charge in [-0.2, -0.15) is 13.5 Å². The molecule has 0 aliphatic heterocycles. The molecule has 22 heavy (non-hydrogen) atoms. The van der Waals surface area contributed by atoms with Gasteiger partial charge in [0.1, 0.15) is 5.69 Å². The normalized spacial score (nSPS) is 10.9. The quantitative estimate of drug-likeness (QED) is 0.614. The van der Waals surface area contributed by atoms with Gasteiger partial charge in [-0.05, 0) is 51.2 Å². The number of aromatic nitrogens is 4. The number of halogens is 3. The van der Waals surface area contributed by atoms with E-state index in [2.05, 4.69) is 42.9 Å². The minimum absolute atomic E-state index is 0.0111. The summed E-state index contributed by atoms with van der Waals surface area (Å²) in [6.45, 7) is -2.92. The lowest BCUT2D eigenvalue weighted by molar-refractivity contribution is -0.0499. The maximum atomic E-state index is 12.5. The molecule has 0 bridgehead atoms. The van der Waals surface area contributed by atoms with Gasteiger partial charge in [0.25, 0.3) is 0 Å². The van der Waals surface area contributed by atoms with Crippen molar-refractivity contribution >= 4 is 22.6 Å². The Morgan fingerprint density at radius 1 is 1.05 bits per heavy atom. The SMILES string of the molecule is FC(F)Oc1ccccc1-n1nnnc1-c1ccccc1I. The zero-order valence-corrected chi connectivity index (χ0v) is 13.2. The van der Waals surface area contributed by atoms with Crippen LogP contribution in [-0.2, 0) is 0 Å². The minimum atomic E-state index is -2.92. The van der Waals surface area contributed by atoms with Gasteiger partial charge in [0.05, 0.1) is 0 Å². The lowest BCUT2D eigenvalue weighted by Crippen LogP contribution is -2.08. The minimum Gasteiger partial charge on any atom is -0.433 e.